The number of halogens is 1. The van der Waals surface area contributed by atoms with Crippen LogP contribution in [0.5, 0.6) is 0 Å². The first kappa shape index (κ1) is 20.9. The molecule has 27 heavy (non-hydrogen) atoms. The van der Waals surface area contributed by atoms with Crippen LogP contribution in [0.3, 0.4) is 0 Å². The lowest BCUT2D eigenvalue weighted by molar-refractivity contribution is -0.144. The standard InChI is InChI=1S/C18H24BrN3O5/c1-11(18(26)27-2)21-17(25)14(10-15(20)23)22-16(24)5-3-4-12-6-8-13(19)9-7-12/h6-9,11,14H,3-5,10H2,1-2H3,(H2,20,23)(H,21,25)(H,22,24)/t11-,14-/m0/s1/i4D/t4?,11-,14-. The third-order valence-electron chi connectivity index (χ3n) is 3.59. The van der Waals surface area contributed by atoms with Gasteiger partial charge in [-0.2, -0.15) is 0 Å². The van der Waals surface area contributed by atoms with Crippen LogP contribution in [-0.4, -0.2) is 42.9 Å². The molecule has 0 bridgehead atoms. The largest absolute Gasteiger partial charge is 0.467 e. The first-order valence-corrected chi connectivity index (χ1v) is 9.07. The number of hydrogen-bond donors (Lipinski definition) is 3. The highest BCUT2D eigenvalue weighted by atomic mass is 79.9. The first-order chi connectivity index (χ1) is 13.1. The number of ether oxygens (including phenoxy) is 1. The Hall–Kier alpha value is -2.42. The molecule has 0 heterocycles. The normalized spacial score (nSPS) is 14.3. The van der Waals surface area contributed by atoms with Gasteiger partial charge < -0.3 is 21.1 Å². The molecule has 148 valence electrons. The van der Waals surface area contributed by atoms with Crippen LogP contribution < -0.4 is 16.4 Å². The number of amides is 3. The van der Waals surface area contributed by atoms with Crippen molar-refractivity contribution < 1.29 is 25.3 Å². The fourth-order valence-corrected chi connectivity index (χ4v) is 2.46. The third kappa shape index (κ3) is 8.67. The van der Waals surface area contributed by atoms with E-state index in [2.05, 4.69) is 31.3 Å². The second-order valence-corrected chi connectivity index (χ2v) is 6.75. The fraction of sp³-hybridized carbons (Fsp3) is 0.444. The SMILES string of the molecule is [2H]C(CCC(=O)N[C@@H](CC(N)=O)C(=O)N[C@@H](C)C(=O)OC)c1ccc(Br)cc1. The number of nitrogens with two attached hydrogens (primary N) is 1. The lowest BCUT2D eigenvalue weighted by Crippen LogP contribution is -2.52. The zero-order chi connectivity index (χ0) is 21.3. The summed E-state index contributed by atoms with van der Waals surface area (Å²) in [6.45, 7) is 1.41. The molecule has 1 unspecified atom stereocenters. The van der Waals surface area contributed by atoms with E-state index in [1.165, 1.54) is 14.0 Å². The van der Waals surface area contributed by atoms with Gasteiger partial charge in [0, 0.05) is 12.3 Å². The van der Waals surface area contributed by atoms with Crippen molar-refractivity contribution in [3.05, 3.63) is 34.3 Å². The Bertz CT molecular complexity index is 714. The van der Waals surface area contributed by atoms with E-state index < -0.39 is 48.6 Å². The fourth-order valence-electron chi connectivity index (χ4n) is 2.20. The van der Waals surface area contributed by atoms with Crippen LogP contribution in [0.15, 0.2) is 28.7 Å². The molecule has 1 aromatic rings. The Balaban J connectivity index is 2.63. The molecule has 0 fully saturated rings. The van der Waals surface area contributed by atoms with Gasteiger partial charge in [0.15, 0.2) is 0 Å². The molecule has 0 spiro atoms. The predicted molar refractivity (Wildman–Crippen MR) is 102 cm³/mol. The van der Waals surface area contributed by atoms with Gasteiger partial charge in [-0.1, -0.05) is 28.1 Å². The van der Waals surface area contributed by atoms with Crippen LogP contribution in [0.2, 0.25) is 0 Å². The second kappa shape index (κ2) is 11.3. The minimum atomic E-state index is -1.21. The molecular formula is C18H24BrN3O5. The Morgan fingerprint density at radius 2 is 1.85 bits per heavy atom. The predicted octanol–water partition coefficient (Wildman–Crippen LogP) is 0.810. The average Bonchev–Trinajstić information content (AvgIpc) is 2.64. The van der Waals surface area contributed by atoms with Crippen molar-refractivity contribution in [1.29, 1.82) is 0 Å². The van der Waals surface area contributed by atoms with E-state index in [1.54, 1.807) is 12.1 Å². The van der Waals surface area contributed by atoms with Gasteiger partial charge in [-0.25, -0.2) is 4.79 Å². The van der Waals surface area contributed by atoms with Crippen LogP contribution >= 0.6 is 15.9 Å². The van der Waals surface area contributed by atoms with Gasteiger partial charge in [0.25, 0.3) is 0 Å². The number of esters is 1. The van der Waals surface area contributed by atoms with Crippen molar-refractivity contribution in [2.75, 3.05) is 7.11 Å². The Morgan fingerprint density at radius 1 is 1.22 bits per heavy atom. The topological polar surface area (TPSA) is 128 Å². The van der Waals surface area contributed by atoms with Crippen LogP contribution in [0, 0.1) is 0 Å². The summed E-state index contributed by atoms with van der Waals surface area (Å²) in [4.78, 5) is 47.1. The zero-order valence-electron chi connectivity index (χ0n) is 16.2. The van der Waals surface area contributed by atoms with E-state index in [-0.39, 0.29) is 12.8 Å². The van der Waals surface area contributed by atoms with Gasteiger partial charge >= 0.3 is 5.97 Å². The number of aryl methyl sites for hydroxylation is 1. The number of rotatable bonds is 10. The van der Waals surface area contributed by atoms with E-state index in [4.69, 9.17) is 7.10 Å². The molecule has 9 heteroatoms. The lowest BCUT2D eigenvalue weighted by atomic mass is 10.1. The summed E-state index contributed by atoms with van der Waals surface area (Å²) in [5, 5.41) is 4.79. The molecule has 1 rings (SSSR count). The molecule has 0 saturated heterocycles. The maximum Gasteiger partial charge on any atom is 0.328 e. The molecule has 8 nitrogen and oxygen atoms in total. The molecule has 0 radical (unpaired) electrons. The molecule has 0 aromatic heterocycles. The highest BCUT2D eigenvalue weighted by Gasteiger charge is 2.26. The molecular weight excluding hydrogens is 418 g/mol. The van der Waals surface area contributed by atoms with Crippen LogP contribution in [0.25, 0.3) is 0 Å². The summed E-state index contributed by atoms with van der Waals surface area (Å²) in [6, 6.07) is 5.04. The molecule has 3 amide bonds. The van der Waals surface area contributed by atoms with Crippen molar-refractivity contribution >= 4 is 39.6 Å². The number of benzene rings is 1. The molecule has 0 aliphatic carbocycles. The van der Waals surface area contributed by atoms with Gasteiger partial charge in [0.1, 0.15) is 12.1 Å². The first-order valence-electron chi connectivity index (χ1n) is 8.85. The Kier molecular flexibility index (Phi) is 8.76. The Morgan fingerprint density at radius 3 is 2.41 bits per heavy atom. The van der Waals surface area contributed by atoms with Gasteiger partial charge in [-0.3, -0.25) is 14.4 Å². The third-order valence-corrected chi connectivity index (χ3v) is 4.12. The highest BCUT2D eigenvalue weighted by molar-refractivity contribution is 9.10. The summed E-state index contributed by atoms with van der Waals surface area (Å²) in [5.41, 5.74) is 5.90. The smallest absolute Gasteiger partial charge is 0.328 e. The quantitative estimate of drug-likeness (QED) is 0.461. The van der Waals surface area contributed by atoms with E-state index >= 15 is 0 Å². The lowest BCUT2D eigenvalue weighted by Gasteiger charge is -2.19. The average molecular weight is 443 g/mol. The van der Waals surface area contributed by atoms with Gasteiger partial charge in [-0.05, 0) is 37.4 Å². The molecule has 0 aliphatic rings. The van der Waals surface area contributed by atoms with Crippen molar-refractivity contribution in [2.45, 2.75) is 44.7 Å². The van der Waals surface area contributed by atoms with Crippen molar-refractivity contribution in [2.24, 2.45) is 5.73 Å². The van der Waals surface area contributed by atoms with Crippen molar-refractivity contribution in [3.63, 3.8) is 0 Å². The highest BCUT2D eigenvalue weighted by Crippen LogP contribution is 2.12. The number of methoxy groups -OCH3 is 1. The van der Waals surface area contributed by atoms with E-state index in [9.17, 15) is 19.2 Å². The number of hydrogen-bond acceptors (Lipinski definition) is 5. The summed E-state index contributed by atoms with van der Waals surface area (Å²) in [7, 11) is 1.18. The number of carbonyl (C=O) groups is 4. The molecule has 0 aliphatic heterocycles. The second-order valence-electron chi connectivity index (χ2n) is 5.84. The van der Waals surface area contributed by atoms with Gasteiger partial charge in [0.2, 0.25) is 17.7 Å². The number of carbonyl (C=O) groups excluding carboxylic acids is 4. The van der Waals surface area contributed by atoms with E-state index in [0.29, 0.717) is 0 Å². The molecule has 4 N–H and O–H groups in total. The molecule has 1 aromatic carbocycles. The van der Waals surface area contributed by atoms with Crippen LogP contribution in [-0.2, 0) is 30.3 Å². The van der Waals surface area contributed by atoms with Crippen molar-refractivity contribution in [1.82, 2.24) is 10.6 Å². The summed E-state index contributed by atoms with van der Waals surface area (Å²) in [6.07, 6.45) is -0.805. The number of primary amides is 1. The molecule has 0 saturated carbocycles. The maximum atomic E-state index is 12.3. The van der Waals surface area contributed by atoms with Crippen LogP contribution in [0.1, 0.15) is 33.1 Å². The minimum absolute atomic E-state index is 0.0146. The van der Waals surface area contributed by atoms with E-state index in [0.717, 1.165) is 10.0 Å². The zero-order valence-corrected chi connectivity index (χ0v) is 16.7. The van der Waals surface area contributed by atoms with Gasteiger partial charge in [-0.15, -0.1) is 0 Å². The maximum absolute atomic E-state index is 12.3. The van der Waals surface area contributed by atoms with Crippen molar-refractivity contribution in [3.8, 4) is 0 Å². The molecule has 3 atom stereocenters. The van der Waals surface area contributed by atoms with Crippen LogP contribution in [0.4, 0.5) is 0 Å². The Labute approximate surface area is 167 Å². The summed E-state index contributed by atoms with van der Waals surface area (Å²) >= 11 is 3.32. The number of nitrogens with one attached hydrogen (secondary N) is 2. The van der Waals surface area contributed by atoms with E-state index in [1.807, 2.05) is 12.1 Å². The van der Waals surface area contributed by atoms with Gasteiger partial charge in [0.05, 0.1) is 13.5 Å². The minimum Gasteiger partial charge on any atom is -0.467 e. The monoisotopic (exact) mass is 442 g/mol. The summed E-state index contributed by atoms with van der Waals surface area (Å²) in [5.74, 6) is -2.66. The summed E-state index contributed by atoms with van der Waals surface area (Å²) < 4.78 is 13.5.